The van der Waals surface area contributed by atoms with Crippen LogP contribution in [0.4, 0.5) is 5.95 Å². The molecule has 0 bridgehead atoms. The fourth-order valence-electron chi connectivity index (χ4n) is 3.44. The lowest BCUT2D eigenvalue weighted by Crippen LogP contribution is -2.38. The van der Waals surface area contributed by atoms with E-state index < -0.39 is 0 Å². The minimum atomic E-state index is -0.240. The highest BCUT2D eigenvalue weighted by atomic mass is 32.2. The summed E-state index contributed by atoms with van der Waals surface area (Å²) in [5.41, 5.74) is 1.26. The number of nitrogens with one attached hydrogen (secondary N) is 1. The highest BCUT2D eigenvalue weighted by Crippen LogP contribution is 2.26. The molecule has 3 rings (SSSR count). The number of carbonyl (C=O) groups excluding carboxylic acids is 1. The number of hydrogen-bond donors (Lipinski definition) is 1. The number of anilines is 1. The molecule has 0 unspecified atom stereocenters. The van der Waals surface area contributed by atoms with Gasteiger partial charge in [0.15, 0.2) is 5.16 Å². The molecule has 1 saturated heterocycles. The van der Waals surface area contributed by atoms with Crippen LogP contribution in [0.1, 0.15) is 38.7 Å². The molecule has 2 atom stereocenters. The van der Waals surface area contributed by atoms with Crippen LogP contribution in [0, 0.1) is 0 Å². The van der Waals surface area contributed by atoms with Crippen molar-refractivity contribution in [1.82, 2.24) is 20.1 Å². The Labute approximate surface area is 177 Å². The molecule has 0 saturated carbocycles. The summed E-state index contributed by atoms with van der Waals surface area (Å²) < 4.78 is 7.51. The lowest BCUT2D eigenvalue weighted by atomic mass is 9.96. The Kier molecular flexibility index (Phi) is 7.94. The number of morpholine rings is 1. The van der Waals surface area contributed by atoms with Gasteiger partial charge in [-0.2, -0.15) is 0 Å². The summed E-state index contributed by atoms with van der Waals surface area (Å²) in [5, 5.41) is 12.4. The van der Waals surface area contributed by atoms with Crippen molar-refractivity contribution < 1.29 is 9.53 Å². The molecule has 8 heteroatoms. The smallest absolute Gasteiger partial charge is 0.233 e. The number of hydrogen-bond acceptors (Lipinski definition) is 6. The number of benzene rings is 1. The maximum absolute atomic E-state index is 12.7. The van der Waals surface area contributed by atoms with E-state index in [4.69, 9.17) is 4.74 Å². The molecule has 29 heavy (non-hydrogen) atoms. The summed E-state index contributed by atoms with van der Waals surface area (Å²) in [4.78, 5) is 14.9. The van der Waals surface area contributed by atoms with Gasteiger partial charge in [0.2, 0.25) is 11.9 Å². The van der Waals surface area contributed by atoms with E-state index in [0.29, 0.717) is 25.7 Å². The minimum Gasteiger partial charge on any atom is -0.378 e. The number of ether oxygens (including phenoxy) is 1. The number of aromatic nitrogens is 3. The van der Waals surface area contributed by atoms with Gasteiger partial charge in [0, 0.05) is 32.1 Å². The van der Waals surface area contributed by atoms with Crippen molar-refractivity contribution in [3.8, 4) is 0 Å². The second-order valence-corrected chi connectivity index (χ2v) is 8.46. The van der Waals surface area contributed by atoms with Crippen LogP contribution in [-0.2, 0) is 16.1 Å². The van der Waals surface area contributed by atoms with Crippen molar-refractivity contribution in [2.75, 3.05) is 37.7 Å². The number of carbonyl (C=O) groups is 1. The SMILES string of the molecule is CC[C@H](CNC(=O)[C@H](C)Sc1nnc(N2CCOCC2)n1CC)c1ccccc1. The van der Waals surface area contributed by atoms with Gasteiger partial charge in [-0.1, -0.05) is 49.0 Å². The standard InChI is InChI=1S/C21H31N5O2S/c1-4-17(18-9-7-6-8-10-18)15-22-19(27)16(3)29-21-24-23-20(26(21)5-2)25-11-13-28-14-12-25/h6-10,16-17H,4-5,11-15H2,1-3H3,(H,22,27)/t16-,17+/m0/s1. The Morgan fingerprint density at radius 2 is 1.93 bits per heavy atom. The zero-order valence-corrected chi connectivity index (χ0v) is 18.3. The third-order valence-electron chi connectivity index (χ3n) is 5.25. The molecule has 1 aliphatic rings. The maximum Gasteiger partial charge on any atom is 0.233 e. The highest BCUT2D eigenvalue weighted by molar-refractivity contribution is 8.00. The predicted octanol–water partition coefficient (Wildman–Crippen LogP) is 2.93. The first-order valence-corrected chi connectivity index (χ1v) is 11.3. The molecule has 1 aromatic heterocycles. The van der Waals surface area contributed by atoms with Gasteiger partial charge in [0.25, 0.3) is 0 Å². The van der Waals surface area contributed by atoms with E-state index in [9.17, 15) is 4.79 Å². The summed E-state index contributed by atoms with van der Waals surface area (Å²) in [7, 11) is 0. The van der Waals surface area contributed by atoms with E-state index in [1.54, 1.807) is 0 Å². The summed E-state index contributed by atoms with van der Waals surface area (Å²) in [6.45, 7) is 10.6. The van der Waals surface area contributed by atoms with E-state index >= 15 is 0 Å². The Balaban J connectivity index is 1.58. The minimum absolute atomic E-state index is 0.0305. The highest BCUT2D eigenvalue weighted by Gasteiger charge is 2.23. The molecule has 2 aromatic rings. The van der Waals surface area contributed by atoms with E-state index in [0.717, 1.165) is 37.2 Å². The van der Waals surface area contributed by atoms with E-state index in [1.807, 2.05) is 25.1 Å². The first kappa shape index (κ1) is 21.6. The Hall–Kier alpha value is -2.06. The first-order valence-electron chi connectivity index (χ1n) is 10.4. The summed E-state index contributed by atoms with van der Waals surface area (Å²) in [6.07, 6.45) is 0.985. The number of thioether (sulfide) groups is 1. The van der Waals surface area contributed by atoms with Crippen LogP contribution in [-0.4, -0.2) is 58.8 Å². The van der Waals surface area contributed by atoms with Crippen molar-refractivity contribution in [1.29, 1.82) is 0 Å². The Morgan fingerprint density at radius 1 is 1.21 bits per heavy atom. The van der Waals surface area contributed by atoms with Crippen molar-refractivity contribution in [3.05, 3.63) is 35.9 Å². The molecule has 0 radical (unpaired) electrons. The third-order valence-corrected chi connectivity index (χ3v) is 6.33. The maximum atomic E-state index is 12.7. The molecular formula is C21H31N5O2S. The van der Waals surface area contributed by atoms with Crippen LogP contribution in [0.5, 0.6) is 0 Å². The van der Waals surface area contributed by atoms with Gasteiger partial charge in [-0.25, -0.2) is 0 Å². The molecule has 0 spiro atoms. The molecule has 1 N–H and O–H groups in total. The van der Waals surface area contributed by atoms with Crippen LogP contribution in [0.3, 0.4) is 0 Å². The Morgan fingerprint density at radius 3 is 2.59 bits per heavy atom. The molecule has 1 fully saturated rings. The van der Waals surface area contributed by atoms with Gasteiger partial charge in [0.1, 0.15) is 0 Å². The first-order chi connectivity index (χ1) is 14.1. The average Bonchev–Trinajstić information content (AvgIpc) is 3.17. The fourth-order valence-corrected chi connectivity index (χ4v) is 4.38. The molecule has 158 valence electrons. The largest absolute Gasteiger partial charge is 0.378 e. The monoisotopic (exact) mass is 417 g/mol. The third kappa shape index (κ3) is 5.51. The Bertz CT molecular complexity index is 777. The van der Waals surface area contributed by atoms with Gasteiger partial charge < -0.3 is 15.0 Å². The zero-order valence-electron chi connectivity index (χ0n) is 17.5. The second kappa shape index (κ2) is 10.6. The summed E-state index contributed by atoms with van der Waals surface area (Å²) in [6, 6.07) is 10.3. The van der Waals surface area contributed by atoms with Crippen LogP contribution in [0.2, 0.25) is 0 Å². The number of rotatable bonds is 9. The zero-order chi connectivity index (χ0) is 20.6. The van der Waals surface area contributed by atoms with Crippen LogP contribution in [0.25, 0.3) is 0 Å². The predicted molar refractivity (Wildman–Crippen MR) is 117 cm³/mol. The molecule has 1 aromatic carbocycles. The molecule has 2 heterocycles. The molecule has 7 nitrogen and oxygen atoms in total. The quantitative estimate of drug-likeness (QED) is 0.633. The van der Waals surface area contributed by atoms with E-state index in [-0.39, 0.29) is 11.2 Å². The van der Waals surface area contributed by atoms with Gasteiger partial charge >= 0.3 is 0 Å². The number of nitrogens with zero attached hydrogens (tertiary/aromatic N) is 4. The summed E-state index contributed by atoms with van der Waals surface area (Å²) >= 11 is 1.46. The van der Waals surface area contributed by atoms with Crippen molar-refractivity contribution in [2.45, 2.75) is 50.1 Å². The number of amides is 1. The lowest BCUT2D eigenvalue weighted by molar-refractivity contribution is -0.120. The second-order valence-electron chi connectivity index (χ2n) is 7.15. The van der Waals surface area contributed by atoms with Gasteiger partial charge in [-0.3, -0.25) is 9.36 Å². The van der Waals surface area contributed by atoms with Crippen molar-refractivity contribution in [2.24, 2.45) is 0 Å². The lowest BCUT2D eigenvalue weighted by Gasteiger charge is -2.27. The van der Waals surface area contributed by atoms with Gasteiger partial charge in [0.05, 0.1) is 18.5 Å². The summed E-state index contributed by atoms with van der Waals surface area (Å²) in [5.74, 6) is 1.22. The van der Waals surface area contributed by atoms with E-state index in [2.05, 4.69) is 51.0 Å². The molecule has 0 aliphatic carbocycles. The average molecular weight is 418 g/mol. The molecular weight excluding hydrogens is 386 g/mol. The molecule has 1 amide bonds. The topological polar surface area (TPSA) is 72.3 Å². The van der Waals surface area contributed by atoms with Crippen LogP contribution < -0.4 is 10.2 Å². The van der Waals surface area contributed by atoms with Crippen LogP contribution in [0.15, 0.2) is 35.5 Å². The molecule has 1 aliphatic heterocycles. The van der Waals surface area contributed by atoms with Gasteiger partial charge in [-0.05, 0) is 25.8 Å². The van der Waals surface area contributed by atoms with E-state index in [1.165, 1.54) is 17.3 Å². The van der Waals surface area contributed by atoms with Gasteiger partial charge in [-0.15, -0.1) is 10.2 Å². The van der Waals surface area contributed by atoms with Crippen LogP contribution >= 0.6 is 11.8 Å². The normalized spacial score (nSPS) is 16.4. The van der Waals surface area contributed by atoms with Crippen molar-refractivity contribution in [3.63, 3.8) is 0 Å². The van der Waals surface area contributed by atoms with Crippen molar-refractivity contribution >= 4 is 23.6 Å². The fraction of sp³-hybridized carbons (Fsp3) is 0.571.